The summed E-state index contributed by atoms with van der Waals surface area (Å²) in [4.78, 5) is 11.7. The molecule has 5 nitrogen and oxygen atoms in total. The quantitative estimate of drug-likeness (QED) is 0.667. The topological polar surface area (TPSA) is 82.2 Å². The van der Waals surface area contributed by atoms with Gasteiger partial charge in [-0.1, -0.05) is 18.2 Å². The Morgan fingerprint density at radius 1 is 1.10 bits per heavy atom. The van der Waals surface area contributed by atoms with E-state index in [9.17, 15) is 0 Å². The van der Waals surface area contributed by atoms with E-state index in [0.717, 1.165) is 22.1 Å². The van der Waals surface area contributed by atoms with Crippen LogP contribution in [0.1, 0.15) is 5.56 Å². The largest absolute Gasteiger partial charge is 0.383 e. The van der Waals surface area contributed by atoms with Crippen LogP contribution < -0.4 is 11.5 Å². The molecule has 3 rings (SSSR count). The fourth-order valence-electron chi connectivity index (χ4n) is 2.38. The zero-order chi connectivity index (χ0) is 15.0. The molecule has 2 aromatic carbocycles. The Kier molecular flexibility index (Phi) is 2.92. The number of nitrogen functional groups attached to an aromatic ring is 2. The van der Waals surface area contributed by atoms with Crippen LogP contribution in [0.25, 0.3) is 26.9 Å². The van der Waals surface area contributed by atoms with E-state index < -0.39 is 0 Å². The van der Waals surface area contributed by atoms with Gasteiger partial charge in [-0.25, -0.2) is 9.83 Å². The number of aryl methyl sites for hydroxylation is 1. The molecular weight excluding hydrogens is 262 g/mol. The van der Waals surface area contributed by atoms with Crippen LogP contribution in [0.3, 0.4) is 0 Å². The fourth-order valence-corrected chi connectivity index (χ4v) is 2.38. The van der Waals surface area contributed by atoms with E-state index in [4.69, 9.17) is 18.0 Å². The standard InChI is InChI=1S/C16H13N5/c1-9-6-13-14(20-16(18)21-15(13)17)8-12(9)10-4-3-5-11(7-10)19-2/h3-8H,1H3,(H4,17,18,20,21). The molecule has 0 spiro atoms. The van der Waals surface area contributed by atoms with E-state index in [1.165, 1.54) is 0 Å². The van der Waals surface area contributed by atoms with Crippen molar-refractivity contribution in [1.29, 1.82) is 0 Å². The molecule has 0 aliphatic heterocycles. The molecule has 1 aromatic heterocycles. The van der Waals surface area contributed by atoms with Crippen molar-refractivity contribution in [3.63, 3.8) is 0 Å². The summed E-state index contributed by atoms with van der Waals surface area (Å²) in [5.74, 6) is 0.534. The van der Waals surface area contributed by atoms with Crippen molar-refractivity contribution < 1.29 is 0 Å². The molecule has 0 fully saturated rings. The van der Waals surface area contributed by atoms with Crippen LogP contribution in [0.15, 0.2) is 36.4 Å². The van der Waals surface area contributed by atoms with Gasteiger partial charge >= 0.3 is 0 Å². The first kappa shape index (κ1) is 12.9. The number of aromatic nitrogens is 2. The molecule has 21 heavy (non-hydrogen) atoms. The number of nitrogens with two attached hydrogens (primary N) is 2. The van der Waals surface area contributed by atoms with E-state index in [-0.39, 0.29) is 5.95 Å². The van der Waals surface area contributed by atoms with Crippen LogP contribution in [0.5, 0.6) is 0 Å². The van der Waals surface area contributed by atoms with Gasteiger partial charge in [-0.05, 0) is 41.8 Å². The highest BCUT2D eigenvalue weighted by Gasteiger charge is 2.09. The zero-order valence-corrected chi connectivity index (χ0v) is 11.5. The van der Waals surface area contributed by atoms with Crippen LogP contribution in [-0.2, 0) is 0 Å². The number of anilines is 2. The molecule has 0 amide bonds. The van der Waals surface area contributed by atoms with Gasteiger partial charge in [0.2, 0.25) is 5.95 Å². The van der Waals surface area contributed by atoms with Crippen molar-refractivity contribution in [3.8, 4) is 11.1 Å². The van der Waals surface area contributed by atoms with E-state index in [1.807, 2.05) is 37.3 Å². The summed E-state index contributed by atoms with van der Waals surface area (Å²) in [7, 11) is 0. The van der Waals surface area contributed by atoms with Gasteiger partial charge < -0.3 is 11.5 Å². The molecule has 1 heterocycles. The smallest absolute Gasteiger partial charge is 0.222 e. The SMILES string of the molecule is [C-]#[N+]c1cccc(-c2cc3nc(N)nc(N)c3cc2C)c1. The third-order valence-corrected chi connectivity index (χ3v) is 3.37. The van der Waals surface area contributed by atoms with Gasteiger partial charge in [-0.3, -0.25) is 0 Å². The van der Waals surface area contributed by atoms with Gasteiger partial charge in [0, 0.05) is 5.39 Å². The molecule has 0 aliphatic carbocycles. The van der Waals surface area contributed by atoms with E-state index in [1.54, 1.807) is 6.07 Å². The first-order valence-electron chi connectivity index (χ1n) is 6.40. The van der Waals surface area contributed by atoms with Crippen LogP contribution in [0.2, 0.25) is 0 Å². The van der Waals surface area contributed by atoms with Crippen LogP contribution in [0, 0.1) is 13.5 Å². The molecule has 4 N–H and O–H groups in total. The summed E-state index contributed by atoms with van der Waals surface area (Å²) in [6.07, 6.45) is 0. The third-order valence-electron chi connectivity index (χ3n) is 3.37. The number of fused-ring (bicyclic) bond motifs is 1. The van der Waals surface area contributed by atoms with Gasteiger partial charge in [0.1, 0.15) is 5.82 Å². The summed E-state index contributed by atoms with van der Waals surface area (Å²) in [5.41, 5.74) is 15.9. The van der Waals surface area contributed by atoms with E-state index in [0.29, 0.717) is 17.0 Å². The molecule has 0 aliphatic rings. The number of hydrogen-bond acceptors (Lipinski definition) is 4. The van der Waals surface area contributed by atoms with Crippen molar-refractivity contribution in [2.75, 3.05) is 11.5 Å². The molecular formula is C16H13N5. The first-order valence-corrected chi connectivity index (χ1v) is 6.40. The molecule has 3 aromatic rings. The second kappa shape index (κ2) is 4.76. The second-order valence-electron chi connectivity index (χ2n) is 4.81. The minimum atomic E-state index is 0.157. The molecule has 5 heteroatoms. The predicted molar refractivity (Wildman–Crippen MR) is 84.8 cm³/mol. The minimum Gasteiger partial charge on any atom is -0.383 e. The maximum atomic E-state index is 7.12. The van der Waals surface area contributed by atoms with Crippen molar-refractivity contribution in [2.24, 2.45) is 0 Å². The highest BCUT2D eigenvalue weighted by molar-refractivity contribution is 5.93. The van der Waals surface area contributed by atoms with Gasteiger partial charge in [0.15, 0.2) is 5.69 Å². The maximum absolute atomic E-state index is 7.12. The Morgan fingerprint density at radius 2 is 1.90 bits per heavy atom. The Balaban J connectivity index is 2.28. The van der Waals surface area contributed by atoms with Crippen molar-refractivity contribution in [1.82, 2.24) is 9.97 Å². The summed E-state index contributed by atoms with van der Waals surface area (Å²) >= 11 is 0. The third kappa shape index (κ3) is 2.23. The monoisotopic (exact) mass is 275 g/mol. The molecule has 102 valence electrons. The summed E-state index contributed by atoms with van der Waals surface area (Å²) in [6, 6.07) is 11.4. The molecule has 0 radical (unpaired) electrons. The lowest BCUT2D eigenvalue weighted by atomic mass is 9.98. The van der Waals surface area contributed by atoms with Gasteiger partial charge in [0.25, 0.3) is 0 Å². The molecule has 0 saturated carbocycles. The summed E-state index contributed by atoms with van der Waals surface area (Å²) in [6.45, 7) is 9.11. The normalized spacial score (nSPS) is 10.5. The van der Waals surface area contributed by atoms with Crippen molar-refractivity contribution in [3.05, 3.63) is 53.4 Å². The molecule has 0 unspecified atom stereocenters. The second-order valence-corrected chi connectivity index (χ2v) is 4.81. The average molecular weight is 275 g/mol. The average Bonchev–Trinajstić information content (AvgIpc) is 2.47. The summed E-state index contributed by atoms with van der Waals surface area (Å²) in [5, 5.41) is 0.784. The Hall–Kier alpha value is -3.13. The first-order chi connectivity index (χ1) is 10.1. The number of rotatable bonds is 1. The number of nitrogens with zero attached hydrogens (tertiary/aromatic N) is 3. The van der Waals surface area contributed by atoms with Gasteiger partial charge in [0.05, 0.1) is 12.1 Å². The Morgan fingerprint density at radius 3 is 2.67 bits per heavy atom. The lowest BCUT2D eigenvalue weighted by molar-refractivity contribution is 1.24. The van der Waals surface area contributed by atoms with Crippen molar-refractivity contribution in [2.45, 2.75) is 6.92 Å². The van der Waals surface area contributed by atoms with Crippen LogP contribution in [-0.4, -0.2) is 9.97 Å². The fraction of sp³-hybridized carbons (Fsp3) is 0.0625. The van der Waals surface area contributed by atoms with E-state index in [2.05, 4.69) is 14.8 Å². The minimum absolute atomic E-state index is 0.157. The molecule has 0 saturated heterocycles. The van der Waals surface area contributed by atoms with Crippen LogP contribution in [0.4, 0.5) is 17.5 Å². The van der Waals surface area contributed by atoms with Gasteiger partial charge in [-0.2, -0.15) is 4.98 Å². The number of hydrogen-bond donors (Lipinski definition) is 2. The lowest BCUT2D eigenvalue weighted by Gasteiger charge is -2.10. The predicted octanol–water partition coefficient (Wildman–Crippen LogP) is 3.32. The lowest BCUT2D eigenvalue weighted by Crippen LogP contribution is -2.01. The van der Waals surface area contributed by atoms with E-state index >= 15 is 0 Å². The number of benzene rings is 2. The maximum Gasteiger partial charge on any atom is 0.222 e. The highest BCUT2D eigenvalue weighted by atomic mass is 15.0. The zero-order valence-electron chi connectivity index (χ0n) is 11.5. The highest BCUT2D eigenvalue weighted by Crippen LogP contribution is 2.31. The molecule has 0 atom stereocenters. The van der Waals surface area contributed by atoms with Crippen molar-refractivity contribution >= 4 is 28.4 Å². The Bertz CT molecular complexity index is 893. The molecule has 0 bridgehead atoms. The summed E-state index contributed by atoms with van der Waals surface area (Å²) < 4.78 is 0. The van der Waals surface area contributed by atoms with Crippen LogP contribution >= 0.6 is 0 Å². The van der Waals surface area contributed by atoms with Gasteiger partial charge in [-0.15, -0.1) is 0 Å². The Labute approximate surface area is 122 Å².